The second-order valence-electron chi connectivity index (χ2n) is 10.1. The molecule has 0 N–H and O–H groups in total. The normalized spacial score (nSPS) is 12.0. The van der Waals surface area contributed by atoms with Gasteiger partial charge in [0, 0.05) is 29.2 Å². The topological polar surface area (TPSA) is 29.0 Å². The van der Waals surface area contributed by atoms with Crippen LogP contribution in [0.1, 0.15) is 16.7 Å². The average molecular weight is 514 g/mol. The summed E-state index contributed by atoms with van der Waals surface area (Å²) in [6, 6.07) is 42.7. The maximum absolute atomic E-state index is 4.75. The third-order valence-electron chi connectivity index (χ3n) is 7.37. The molecule has 6 aromatic rings. The fourth-order valence-electron chi connectivity index (χ4n) is 5.35. The predicted molar refractivity (Wildman–Crippen MR) is 167 cm³/mol. The highest BCUT2D eigenvalue weighted by molar-refractivity contribution is 5.95. The largest absolute Gasteiger partial charge is 0.309 e. The lowest BCUT2D eigenvalue weighted by Gasteiger charge is -2.28. The molecule has 0 unspecified atom stereocenters. The molecule has 0 saturated carbocycles. The maximum Gasteiger partial charge on any atom is 0.0708 e. The van der Waals surface area contributed by atoms with Crippen molar-refractivity contribution in [1.29, 1.82) is 0 Å². The SMILES string of the molecule is Cc1ccnc(-c2ccc3c(c2)N(c2cccc(-c4cc(-c5ccccc5)ccn4)c2)c2ccccc2C=C3)c1. The molecule has 0 amide bonds. The highest BCUT2D eigenvalue weighted by atomic mass is 15.1. The van der Waals surface area contributed by atoms with Gasteiger partial charge in [0.1, 0.15) is 0 Å². The summed E-state index contributed by atoms with van der Waals surface area (Å²) in [5.74, 6) is 0. The van der Waals surface area contributed by atoms with Crippen LogP contribution < -0.4 is 4.90 Å². The molecule has 1 aliphatic rings. The molecule has 0 saturated heterocycles. The summed E-state index contributed by atoms with van der Waals surface area (Å²) in [5, 5.41) is 0. The molecule has 7 rings (SSSR count). The van der Waals surface area contributed by atoms with Gasteiger partial charge >= 0.3 is 0 Å². The molecule has 40 heavy (non-hydrogen) atoms. The Morgan fingerprint density at radius 3 is 2.02 bits per heavy atom. The molecule has 3 heterocycles. The molecule has 190 valence electrons. The van der Waals surface area contributed by atoms with Crippen LogP contribution in [-0.4, -0.2) is 9.97 Å². The predicted octanol–water partition coefficient (Wildman–Crippen LogP) is 9.74. The number of aryl methyl sites for hydroxylation is 1. The van der Waals surface area contributed by atoms with Gasteiger partial charge in [0.25, 0.3) is 0 Å². The van der Waals surface area contributed by atoms with Crippen LogP contribution in [-0.2, 0) is 0 Å². The number of pyridine rings is 2. The van der Waals surface area contributed by atoms with Crippen LogP contribution in [0.15, 0.2) is 134 Å². The number of benzene rings is 4. The zero-order valence-electron chi connectivity index (χ0n) is 22.2. The molecule has 0 aliphatic carbocycles. The summed E-state index contributed by atoms with van der Waals surface area (Å²) in [6.07, 6.45) is 8.18. The van der Waals surface area contributed by atoms with Crippen LogP contribution in [0.5, 0.6) is 0 Å². The molecule has 3 heteroatoms. The Hall–Kier alpha value is -5.28. The average Bonchev–Trinajstić information content (AvgIpc) is 3.18. The lowest BCUT2D eigenvalue weighted by molar-refractivity contribution is 1.26. The Bertz CT molecular complexity index is 1870. The van der Waals surface area contributed by atoms with Crippen molar-refractivity contribution in [2.45, 2.75) is 6.92 Å². The van der Waals surface area contributed by atoms with Gasteiger partial charge in [0.15, 0.2) is 0 Å². The van der Waals surface area contributed by atoms with E-state index in [4.69, 9.17) is 4.98 Å². The van der Waals surface area contributed by atoms with Crippen molar-refractivity contribution in [3.8, 4) is 33.6 Å². The first-order chi connectivity index (χ1) is 19.7. The number of nitrogens with zero attached hydrogens (tertiary/aromatic N) is 3. The molecule has 1 aliphatic heterocycles. The van der Waals surface area contributed by atoms with Crippen molar-refractivity contribution in [3.05, 3.63) is 150 Å². The van der Waals surface area contributed by atoms with Crippen LogP contribution in [0.4, 0.5) is 17.1 Å². The third kappa shape index (κ3) is 4.48. The highest BCUT2D eigenvalue weighted by Gasteiger charge is 2.21. The van der Waals surface area contributed by atoms with E-state index in [1.807, 2.05) is 24.5 Å². The molecule has 2 aromatic heterocycles. The number of hydrogen-bond donors (Lipinski definition) is 0. The smallest absolute Gasteiger partial charge is 0.0708 e. The van der Waals surface area contributed by atoms with E-state index in [0.29, 0.717) is 0 Å². The molecular formula is C37H27N3. The highest BCUT2D eigenvalue weighted by Crippen LogP contribution is 2.44. The number of rotatable bonds is 4. The number of anilines is 3. The first kappa shape index (κ1) is 23.8. The summed E-state index contributed by atoms with van der Waals surface area (Å²) in [6.45, 7) is 2.10. The van der Waals surface area contributed by atoms with Crippen LogP contribution in [0.3, 0.4) is 0 Å². The van der Waals surface area contributed by atoms with Gasteiger partial charge in [-0.3, -0.25) is 9.97 Å². The quantitative estimate of drug-likeness (QED) is 0.235. The van der Waals surface area contributed by atoms with Gasteiger partial charge in [-0.15, -0.1) is 0 Å². The van der Waals surface area contributed by atoms with Gasteiger partial charge in [-0.25, -0.2) is 0 Å². The minimum absolute atomic E-state index is 0.947. The number of para-hydroxylation sites is 1. The summed E-state index contributed by atoms with van der Waals surface area (Å²) < 4.78 is 0. The number of hydrogen-bond acceptors (Lipinski definition) is 3. The summed E-state index contributed by atoms with van der Waals surface area (Å²) >= 11 is 0. The molecule has 0 bridgehead atoms. The van der Waals surface area contributed by atoms with Gasteiger partial charge < -0.3 is 4.90 Å². The van der Waals surface area contributed by atoms with E-state index in [9.17, 15) is 0 Å². The van der Waals surface area contributed by atoms with E-state index in [1.54, 1.807) is 0 Å². The van der Waals surface area contributed by atoms with E-state index in [1.165, 1.54) is 16.7 Å². The zero-order valence-corrected chi connectivity index (χ0v) is 22.2. The summed E-state index contributed by atoms with van der Waals surface area (Å²) in [7, 11) is 0. The van der Waals surface area contributed by atoms with E-state index < -0.39 is 0 Å². The second kappa shape index (κ2) is 10.1. The molecule has 0 spiro atoms. The Morgan fingerprint density at radius 1 is 0.475 bits per heavy atom. The molecular weight excluding hydrogens is 486 g/mol. The van der Waals surface area contributed by atoms with Crippen molar-refractivity contribution in [1.82, 2.24) is 9.97 Å². The maximum atomic E-state index is 4.75. The lowest BCUT2D eigenvalue weighted by Crippen LogP contribution is -2.12. The van der Waals surface area contributed by atoms with Crippen molar-refractivity contribution in [2.75, 3.05) is 4.90 Å². The minimum atomic E-state index is 0.947. The first-order valence-corrected chi connectivity index (χ1v) is 13.5. The molecule has 3 nitrogen and oxygen atoms in total. The fraction of sp³-hybridized carbons (Fsp3) is 0.0270. The van der Waals surface area contributed by atoms with E-state index >= 15 is 0 Å². The Balaban J connectivity index is 1.38. The monoisotopic (exact) mass is 513 g/mol. The fourth-order valence-corrected chi connectivity index (χ4v) is 5.35. The van der Waals surface area contributed by atoms with E-state index in [2.05, 4.69) is 138 Å². The van der Waals surface area contributed by atoms with Crippen LogP contribution in [0.2, 0.25) is 0 Å². The van der Waals surface area contributed by atoms with Crippen LogP contribution in [0.25, 0.3) is 45.8 Å². The van der Waals surface area contributed by atoms with E-state index in [-0.39, 0.29) is 0 Å². The Morgan fingerprint density at radius 2 is 1.18 bits per heavy atom. The standard InChI is InChI=1S/C37H27N3/c1-26-18-20-38-34(22-26)32-17-16-29-15-14-28-10-5-6-13-36(28)40(37(29)25-32)33-12-7-11-31(23-33)35-24-30(19-21-39-35)27-8-3-2-4-9-27/h2-25H,1H3. The van der Waals surface area contributed by atoms with Gasteiger partial charge in [0.05, 0.1) is 22.8 Å². The zero-order chi connectivity index (χ0) is 26.9. The second-order valence-corrected chi connectivity index (χ2v) is 10.1. The van der Waals surface area contributed by atoms with Crippen molar-refractivity contribution >= 4 is 29.2 Å². The Kier molecular flexibility index (Phi) is 6.02. The minimum Gasteiger partial charge on any atom is -0.309 e. The van der Waals surface area contributed by atoms with Gasteiger partial charge in [-0.05, 0) is 83.3 Å². The molecule has 0 fully saturated rings. The summed E-state index contributed by atoms with van der Waals surface area (Å²) in [5.41, 5.74) is 13.3. The first-order valence-electron chi connectivity index (χ1n) is 13.5. The molecule has 0 radical (unpaired) electrons. The third-order valence-corrected chi connectivity index (χ3v) is 7.37. The van der Waals surface area contributed by atoms with Gasteiger partial charge in [-0.2, -0.15) is 0 Å². The Labute approximate surface area is 234 Å². The summed E-state index contributed by atoms with van der Waals surface area (Å²) in [4.78, 5) is 11.8. The van der Waals surface area contributed by atoms with Crippen molar-refractivity contribution < 1.29 is 0 Å². The molecule has 0 atom stereocenters. The lowest BCUT2D eigenvalue weighted by atomic mass is 10.0. The van der Waals surface area contributed by atoms with Crippen LogP contribution in [0, 0.1) is 6.92 Å². The van der Waals surface area contributed by atoms with Crippen molar-refractivity contribution in [3.63, 3.8) is 0 Å². The van der Waals surface area contributed by atoms with Crippen molar-refractivity contribution in [2.24, 2.45) is 0 Å². The van der Waals surface area contributed by atoms with E-state index in [0.717, 1.165) is 50.7 Å². The number of aromatic nitrogens is 2. The van der Waals surface area contributed by atoms with Gasteiger partial charge in [-0.1, -0.05) is 84.9 Å². The van der Waals surface area contributed by atoms with Gasteiger partial charge in [0.2, 0.25) is 0 Å². The molecule has 4 aromatic carbocycles. The number of fused-ring (bicyclic) bond motifs is 2. The van der Waals surface area contributed by atoms with Crippen LogP contribution >= 0.6 is 0 Å².